The summed E-state index contributed by atoms with van der Waals surface area (Å²) in [4.78, 5) is 0.295. The molecule has 0 N–H and O–H groups in total. The minimum atomic E-state index is -3.56. The first-order valence-electron chi connectivity index (χ1n) is 6.34. The molecule has 4 heteroatoms. The number of benzene rings is 2. The van der Waals surface area contributed by atoms with Crippen molar-refractivity contribution < 1.29 is 8.42 Å². The zero-order valence-electron chi connectivity index (χ0n) is 11.0. The molecule has 3 rings (SSSR count). The molecular formula is C16H14NO2S. The van der Waals surface area contributed by atoms with E-state index < -0.39 is 10.0 Å². The van der Waals surface area contributed by atoms with E-state index in [2.05, 4.69) is 0 Å². The fourth-order valence-corrected chi connectivity index (χ4v) is 3.71. The van der Waals surface area contributed by atoms with Gasteiger partial charge in [-0.3, -0.25) is 0 Å². The molecule has 20 heavy (non-hydrogen) atoms. The molecule has 0 aliphatic heterocycles. The zero-order chi connectivity index (χ0) is 14.2. The summed E-state index contributed by atoms with van der Waals surface area (Å²) in [6.45, 7) is 1.90. The van der Waals surface area contributed by atoms with E-state index in [1.54, 1.807) is 36.5 Å². The summed E-state index contributed by atoms with van der Waals surface area (Å²) >= 11 is 0. The summed E-state index contributed by atoms with van der Waals surface area (Å²) in [7, 11) is -3.56. The van der Waals surface area contributed by atoms with Gasteiger partial charge in [0.1, 0.15) is 0 Å². The highest BCUT2D eigenvalue weighted by Gasteiger charge is 2.20. The van der Waals surface area contributed by atoms with Crippen molar-refractivity contribution in [2.24, 2.45) is 0 Å². The topological polar surface area (TPSA) is 39.1 Å². The maximum atomic E-state index is 12.7. The zero-order valence-corrected chi connectivity index (χ0v) is 11.8. The maximum absolute atomic E-state index is 12.7. The molecule has 3 aromatic rings. The first kappa shape index (κ1) is 12.9. The summed E-state index contributed by atoms with van der Waals surface area (Å²) in [5, 5.41) is 0.939. The van der Waals surface area contributed by atoms with E-state index in [0.29, 0.717) is 10.4 Å². The largest absolute Gasteiger partial charge is 0.268 e. The Morgan fingerprint density at radius 1 is 0.950 bits per heavy atom. The molecule has 1 heterocycles. The molecule has 101 valence electrons. The third-order valence-corrected chi connectivity index (χ3v) is 5.01. The van der Waals surface area contributed by atoms with Crippen LogP contribution in [0.2, 0.25) is 0 Å². The first-order valence-corrected chi connectivity index (χ1v) is 7.78. The highest BCUT2D eigenvalue weighted by Crippen LogP contribution is 2.26. The number of fused-ring (bicyclic) bond motifs is 1. The van der Waals surface area contributed by atoms with Crippen molar-refractivity contribution in [3.63, 3.8) is 0 Å². The second-order valence-electron chi connectivity index (χ2n) is 4.50. The summed E-state index contributed by atoms with van der Waals surface area (Å²) < 4.78 is 26.8. The minimum absolute atomic E-state index is 0.295. The van der Waals surface area contributed by atoms with Gasteiger partial charge in [-0.2, -0.15) is 0 Å². The first-order chi connectivity index (χ1) is 9.64. The molecular weight excluding hydrogens is 270 g/mol. The number of para-hydroxylation sites is 1. The standard InChI is InChI=1S/C16H14NO2S/c1-2-13-12-17(16-11-7-6-10-15(13)16)20(18,19)14-8-4-3-5-9-14/h2-12H,1H3. The molecule has 0 amide bonds. The SMILES string of the molecule is C[CH]c1cn(S(=O)(=O)c2ccccc2)c2ccccc12. The predicted octanol–water partition coefficient (Wildman–Crippen LogP) is 3.45. The number of hydrogen-bond donors (Lipinski definition) is 0. The average Bonchev–Trinajstić information content (AvgIpc) is 2.88. The van der Waals surface area contributed by atoms with Gasteiger partial charge in [-0.1, -0.05) is 43.3 Å². The number of hydrogen-bond acceptors (Lipinski definition) is 2. The molecule has 0 atom stereocenters. The quantitative estimate of drug-likeness (QED) is 0.739. The monoisotopic (exact) mass is 284 g/mol. The highest BCUT2D eigenvalue weighted by molar-refractivity contribution is 7.90. The van der Waals surface area contributed by atoms with Gasteiger partial charge in [0.25, 0.3) is 10.0 Å². The molecule has 1 radical (unpaired) electrons. The summed E-state index contributed by atoms with van der Waals surface area (Å²) in [6, 6.07) is 16.0. The van der Waals surface area contributed by atoms with E-state index in [1.807, 2.05) is 37.6 Å². The van der Waals surface area contributed by atoms with Gasteiger partial charge in [-0.25, -0.2) is 12.4 Å². The van der Waals surface area contributed by atoms with Crippen molar-refractivity contribution >= 4 is 20.9 Å². The predicted molar refractivity (Wildman–Crippen MR) is 80.0 cm³/mol. The molecule has 0 saturated heterocycles. The van der Waals surface area contributed by atoms with E-state index in [0.717, 1.165) is 10.9 Å². The Hall–Kier alpha value is -2.07. The van der Waals surface area contributed by atoms with Gasteiger partial charge in [-0.15, -0.1) is 0 Å². The van der Waals surface area contributed by atoms with Gasteiger partial charge in [0.2, 0.25) is 0 Å². The minimum Gasteiger partial charge on any atom is -0.241 e. The molecule has 0 bridgehead atoms. The Balaban J connectivity index is 2.30. The van der Waals surface area contributed by atoms with Crippen LogP contribution >= 0.6 is 0 Å². The van der Waals surface area contributed by atoms with Crippen LogP contribution in [0.3, 0.4) is 0 Å². The van der Waals surface area contributed by atoms with Crippen LogP contribution in [0.5, 0.6) is 0 Å². The van der Waals surface area contributed by atoms with Crippen LogP contribution in [0.1, 0.15) is 12.5 Å². The molecule has 3 nitrogen and oxygen atoms in total. The molecule has 0 unspecified atom stereocenters. The van der Waals surface area contributed by atoms with Gasteiger partial charge in [-0.05, 0) is 30.2 Å². The van der Waals surface area contributed by atoms with Crippen LogP contribution in [0.4, 0.5) is 0 Å². The van der Waals surface area contributed by atoms with Gasteiger partial charge in [0.05, 0.1) is 10.4 Å². The van der Waals surface area contributed by atoms with E-state index in [9.17, 15) is 8.42 Å². The molecule has 2 aromatic carbocycles. The van der Waals surface area contributed by atoms with Crippen molar-refractivity contribution in [3.05, 3.63) is 72.8 Å². The van der Waals surface area contributed by atoms with Crippen molar-refractivity contribution in [1.82, 2.24) is 3.97 Å². The third-order valence-electron chi connectivity index (χ3n) is 3.32. The van der Waals surface area contributed by atoms with Crippen LogP contribution < -0.4 is 0 Å². The Bertz CT molecular complexity index is 849. The third kappa shape index (κ3) is 1.93. The number of aromatic nitrogens is 1. The number of nitrogens with zero attached hydrogens (tertiary/aromatic N) is 1. The fraction of sp³-hybridized carbons (Fsp3) is 0.0625. The van der Waals surface area contributed by atoms with Gasteiger partial charge < -0.3 is 0 Å². The van der Waals surface area contributed by atoms with E-state index in [4.69, 9.17) is 0 Å². The van der Waals surface area contributed by atoms with Crippen molar-refractivity contribution in [1.29, 1.82) is 0 Å². The molecule has 1 aromatic heterocycles. The molecule has 0 aliphatic rings. The lowest BCUT2D eigenvalue weighted by molar-refractivity contribution is 0.589. The van der Waals surface area contributed by atoms with Gasteiger partial charge >= 0.3 is 0 Å². The Labute approximate surface area is 118 Å². The number of rotatable bonds is 3. The Morgan fingerprint density at radius 3 is 2.30 bits per heavy atom. The van der Waals surface area contributed by atoms with Crippen LogP contribution in [-0.2, 0) is 10.0 Å². The second-order valence-corrected chi connectivity index (χ2v) is 6.32. The lowest BCUT2D eigenvalue weighted by atomic mass is 10.1. The second kappa shape index (κ2) is 4.80. The fourth-order valence-electron chi connectivity index (χ4n) is 2.31. The van der Waals surface area contributed by atoms with Crippen molar-refractivity contribution in [3.8, 4) is 0 Å². The smallest absolute Gasteiger partial charge is 0.241 e. The highest BCUT2D eigenvalue weighted by atomic mass is 32.2. The lowest BCUT2D eigenvalue weighted by Crippen LogP contribution is -2.11. The van der Waals surface area contributed by atoms with E-state index in [-0.39, 0.29) is 0 Å². The van der Waals surface area contributed by atoms with Crippen LogP contribution in [0, 0.1) is 6.42 Å². The normalized spacial score (nSPS) is 11.8. The Kier molecular flexibility index (Phi) is 3.10. The molecule has 0 spiro atoms. The Morgan fingerprint density at radius 2 is 1.60 bits per heavy atom. The maximum Gasteiger partial charge on any atom is 0.268 e. The average molecular weight is 284 g/mol. The van der Waals surface area contributed by atoms with Crippen LogP contribution in [0.15, 0.2) is 65.7 Å². The van der Waals surface area contributed by atoms with E-state index in [1.165, 1.54) is 3.97 Å². The molecule has 0 fully saturated rings. The van der Waals surface area contributed by atoms with Crippen molar-refractivity contribution in [2.75, 3.05) is 0 Å². The van der Waals surface area contributed by atoms with Crippen LogP contribution in [-0.4, -0.2) is 12.4 Å². The summed E-state index contributed by atoms with van der Waals surface area (Å²) in [6.07, 6.45) is 3.59. The lowest BCUT2D eigenvalue weighted by Gasteiger charge is -2.07. The summed E-state index contributed by atoms with van der Waals surface area (Å²) in [5.74, 6) is 0. The molecule has 0 saturated carbocycles. The van der Waals surface area contributed by atoms with E-state index >= 15 is 0 Å². The summed E-state index contributed by atoms with van der Waals surface area (Å²) in [5.41, 5.74) is 1.62. The van der Waals surface area contributed by atoms with Gasteiger partial charge in [0.15, 0.2) is 0 Å². The van der Waals surface area contributed by atoms with Crippen molar-refractivity contribution in [2.45, 2.75) is 11.8 Å². The van der Waals surface area contributed by atoms with Gasteiger partial charge in [0, 0.05) is 11.6 Å². The molecule has 0 aliphatic carbocycles. The van der Waals surface area contributed by atoms with Crippen LogP contribution in [0.25, 0.3) is 10.9 Å².